The van der Waals surface area contributed by atoms with Gasteiger partial charge in [0.05, 0.1) is 26.0 Å². The zero-order valence-corrected chi connectivity index (χ0v) is 16.5. The number of nitrogens with zero attached hydrogens (tertiary/aromatic N) is 3. The van der Waals surface area contributed by atoms with Gasteiger partial charge < -0.3 is 14.2 Å². The van der Waals surface area contributed by atoms with Crippen LogP contribution in [0.5, 0.6) is 0 Å². The Morgan fingerprint density at radius 2 is 1.93 bits per heavy atom. The smallest absolute Gasteiger partial charge is 0.316 e. The van der Waals surface area contributed by atoms with Crippen LogP contribution in [0.25, 0.3) is 11.3 Å². The summed E-state index contributed by atoms with van der Waals surface area (Å²) >= 11 is 0. The van der Waals surface area contributed by atoms with Crippen molar-refractivity contribution in [3.8, 4) is 23.6 Å². The van der Waals surface area contributed by atoms with Gasteiger partial charge in [-0.3, -0.25) is 9.48 Å². The van der Waals surface area contributed by atoms with Gasteiger partial charge in [-0.15, -0.1) is 11.5 Å². The van der Waals surface area contributed by atoms with E-state index in [0.29, 0.717) is 19.6 Å². The topological polar surface area (TPSA) is 75.5 Å². The Hall–Kier alpha value is -2.69. The second kappa shape index (κ2) is 8.13. The summed E-state index contributed by atoms with van der Waals surface area (Å²) in [7, 11) is 0. The molecule has 3 rings (SSSR count). The van der Waals surface area contributed by atoms with Crippen molar-refractivity contribution in [2.45, 2.75) is 39.5 Å². The van der Waals surface area contributed by atoms with E-state index in [1.54, 1.807) is 11.6 Å². The highest BCUT2D eigenvalue weighted by molar-refractivity contribution is 5.76. The summed E-state index contributed by atoms with van der Waals surface area (Å²) in [6, 6.07) is 7.58. The Morgan fingerprint density at radius 3 is 2.57 bits per heavy atom. The van der Waals surface area contributed by atoms with Gasteiger partial charge in [-0.05, 0) is 32.9 Å². The Balaban J connectivity index is 1.45. The lowest BCUT2D eigenvalue weighted by molar-refractivity contribution is -0.281. The molecule has 1 aliphatic heterocycles. The van der Waals surface area contributed by atoms with Crippen molar-refractivity contribution in [3.05, 3.63) is 36.0 Å². The largest absolute Gasteiger partial charge is 0.465 e. The number of rotatable bonds is 6. The van der Waals surface area contributed by atoms with E-state index < -0.39 is 11.2 Å². The minimum absolute atomic E-state index is 0.281. The number of aryl methyl sites for hydroxylation is 1. The first kappa shape index (κ1) is 20.1. The highest BCUT2D eigenvalue weighted by Gasteiger charge is 2.43. The predicted molar refractivity (Wildman–Crippen MR) is 103 cm³/mol. The van der Waals surface area contributed by atoms with Crippen molar-refractivity contribution >= 4 is 5.97 Å². The van der Waals surface area contributed by atoms with Crippen LogP contribution in [0.2, 0.25) is 0 Å². The molecule has 0 unspecified atom stereocenters. The summed E-state index contributed by atoms with van der Waals surface area (Å²) in [5, 5.41) is 8.29. The minimum Gasteiger partial charge on any atom is -0.465 e. The molecule has 0 saturated carbocycles. The zero-order valence-electron chi connectivity index (χ0n) is 16.5. The molecule has 1 saturated heterocycles. The molecule has 7 nitrogen and oxygen atoms in total. The van der Waals surface area contributed by atoms with Crippen molar-refractivity contribution in [2.75, 3.05) is 19.8 Å². The molecule has 0 radical (unpaired) electrons. The Morgan fingerprint density at radius 1 is 1.25 bits per heavy atom. The van der Waals surface area contributed by atoms with E-state index in [9.17, 15) is 4.79 Å². The highest BCUT2D eigenvalue weighted by Crippen LogP contribution is 2.30. The van der Waals surface area contributed by atoms with Crippen LogP contribution in [-0.2, 0) is 25.5 Å². The van der Waals surface area contributed by atoms with Crippen LogP contribution in [0, 0.1) is 17.8 Å². The van der Waals surface area contributed by atoms with Crippen LogP contribution in [0.15, 0.2) is 30.5 Å². The molecule has 0 amide bonds. The summed E-state index contributed by atoms with van der Waals surface area (Å²) in [5.74, 6) is 1.62. The van der Waals surface area contributed by atoms with Gasteiger partial charge in [-0.2, -0.15) is 0 Å². The van der Waals surface area contributed by atoms with Crippen molar-refractivity contribution in [3.63, 3.8) is 0 Å². The van der Waals surface area contributed by atoms with Gasteiger partial charge in [0.1, 0.15) is 11.1 Å². The zero-order chi connectivity index (χ0) is 20.2. The number of carbonyl (C=O) groups excluding carboxylic acids is 1. The molecule has 1 aromatic carbocycles. The highest BCUT2D eigenvalue weighted by atomic mass is 16.7. The molecule has 28 heavy (non-hydrogen) atoms. The van der Waals surface area contributed by atoms with E-state index in [-0.39, 0.29) is 19.2 Å². The Kier molecular flexibility index (Phi) is 5.82. The molecule has 0 bridgehead atoms. The number of terminal acetylenes is 1. The van der Waals surface area contributed by atoms with Gasteiger partial charge in [0.15, 0.2) is 5.79 Å². The number of benzene rings is 1. The van der Waals surface area contributed by atoms with Crippen molar-refractivity contribution in [1.29, 1.82) is 0 Å². The number of carbonyl (C=O) groups is 1. The van der Waals surface area contributed by atoms with Crippen molar-refractivity contribution < 1.29 is 19.0 Å². The lowest BCUT2D eigenvalue weighted by Gasteiger charge is -2.39. The summed E-state index contributed by atoms with van der Waals surface area (Å²) in [4.78, 5) is 12.4. The summed E-state index contributed by atoms with van der Waals surface area (Å²) in [6.45, 7) is 6.90. The molecule has 2 heterocycles. The normalized spacial score (nSPS) is 17.6. The van der Waals surface area contributed by atoms with Crippen LogP contribution in [0.4, 0.5) is 0 Å². The molecule has 0 N–H and O–H groups in total. The molecule has 0 aliphatic carbocycles. The maximum atomic E-state index is 12.4. The fourth-order valence-corrected chi connectivity index (χ4v) is 2.71. The third-order valence-corrected chi connectivity index (χ3v) is 4.62. The first-order valence-corrected chi connectivity index (χ1v) is 9.24. The Bertz CT molecular complexity index is 855. The van der Waals surface area contributed by atoms with Crippen molar-refractivity contribution in [2.24, 2.45) is 5.41 Å². The number of hydrogen-bond donors (Lipinski definition) is 0. The molecule has 1 fully saturated rings. The monoisotopic (exact) mass is 383 g/mol. The summed E-state index contributed by atoms with van der Waals surface area (Å²) in [5.41, 5.74) is 1.77. The predicted octanol–water partition coefficient (Wildman–Crippen LogP) is 2.65. The molecule has 1 aliphatic rings. The fraction of sp³-hybridized carbons (Fsp3) is 0.476. The van der Waals surface area contributed by atoms with Crippen LogP contribution < -0.4 is 0 Å². The van der Waals surface area contributed by atoms with Crippen molar-refractivity contribution in [1.82, 2.24) is 15.0 Å². The van der Waals surface area contributed by atoms with E-state index in [2.05, 4.69) is 16.2 Å². The first-order chi connectivity index (χ1) is 13.3. The van der Waals surface area contributed by atoms with Gasteiger partial charge in [0, 0.05) is 24.1 Å². The van der Waals surface area contributed by atoms with Crippen LogP contribution in [0.1, 0.15) is 32.8 Å². The summed E-state index contributed by atoms with van der Waals surface area (Å²) in [6.07, 6.45) is 7.86. The van der Waals surface area contributed by atoms with E-state index >= 15 is 0 Å². The van der Waals surface area contributed by atoms with E-state index in [0.717, 1.165) is 16.8 Å². The molecule has 0 spiro atoms. The first-order valence-electron chi connectivity index (χ1n) is 9.24. The van der Waals surface area contributed by atoms with E-state index in [1.807, 2.05) is 44.3 Å². The number of esters is 1. The van der Waals surface area contributed by atoms with Crippen LogP contribution >= 0.6 is 0 Å². The van der Waals surface area contributed by atoms with E-state index in [4.69, 9.17) is 20.6 Å². The number of hydrogen-bond acceptors (Lipinski definition) is 6. The second-order valence-electron chi connectivity index (χ2n) is 7.62. The lowest BCUT2D eigenvalue weighted by Crippen LogP contribution is -2.49. The third kappa shape index (κ3) is 4.77. The Labute approximate surface area is 165 Å². The van der Waals surface area contributed by atoms with Gasteiger partial charge in [-0.25, -0.2) is 0 Å². The molecule has 148 valence electrons. The average molecular weight is 383 g/mol. The van der Waals surface area contributed by atoms with Gasteiger partial charge >= 0.3 is 5.97 Å². The fourth-order valence-electron chi connectivity index (χ4n) is 2.71. The van der Waals surface area contributed by atoms with Gasteiger partial charge in [0.25, 0.3) is 0 Å². The number of aromatic nitrogens is 3. The van der Waals surface area contributed by atoms with Crippen LogP contribution in [-0.4, -0.2) is 46.6 Å². The SMILES string of the molecule is C#Cc1ccc(-c2cn(CCCOC(=O)C3(C)COC(C)(C)OC3)nn2)cc1. The molecular weight excluding hydrogens is 358 g/mol. The average Bonchev–Trinajstić information content (AvgIpc) is 3.16. The maximum Gasteiger partial charge on any atom is 0.316 e. The molecule has 2 aromatic rings. The quantitative estimate of drug-likeness (QED) is 0.434. The summed E-state index contributed by atoms with van der Waals surface area (Å²) < 4.78 is 18.3. The molecule has 1 aromatic heterocycles. The standard InChI is InChI=1S/C21H25N3O4/c1-5-16-7-9-17(10-8-16)18-13-24(23-22-18)11-6-12-26-19(25)21(4)14-27-20(2,3)28-15-21/h1,7-10,13H,6,11-12,14-15H2,2-4H3. The van der Waals surface area contributed by atoms with Gasteiger partial charge in [-0.1, -0.05) is 23.3 Å². The van der Waals surface area contributed by atoms with Crippen LogP contribution in [0.3, 0.4) is 0 Å². The molecule has 7 heteroatoms. The van der Waals surface area contributed by atoms with Gasteiger partial charge in [0.2, 0.25) is 0 Å². The third-order valence-electron chi connectivity index (χ3n) is 4.62. The minimum atomic E-state index is -0.777. The molecule has 0 atom stereocenters. The maximum absolute atomic E-state index is 12.4. The molecular formula is C21H25N3O4. The second-order valence-corrected chi connectivity index (χ2v) is 7.62. The lowest BCUT2D eigenvalue weighted by atomic mass is 9.92. The van der Waals surface area contributed by atoms with E-state index in [1.165, 1.54) is 0 Å². The number of ether oxygens (including phenoxy) is 3.